The molecule has 1 saturated heterocycles. The summed E-state index contributed by atoms with van der Waals surface area (Å²) < 4.78 is 2.09. The summed E-state index contributed by atoms with van der Waals surface area (Å²) in [5.74, 6) is 0.273. The van der Waals surface area contributed by atoms with Gasteiger partial charge in [-0.3, -0.25) is 4.79 Å². The van der Waals surface area contributed by atoms with Crippen molar-refractivity contribution in [3.8, 4) is 0 Å². The van der Waals surface area contributed by atoms with Crippen LogP contribution in [0.15, 0.2) is 36.4 Å². The number of hydrogen-bond acceptors (Lipinski definition) is 2. The molecular formula is C19H26N3O+. The maximum absolute atomic E-state index is 12.6. The minimum absolute atomic E-state index is 0.273. The highest BCUT2D eigenvalue weighted by molar-refractivity contribution is 5.98. The summed E-state index contributed by atoms with van der Waals surface area (Å²) in [5, 5.41) is 0. The van der Waals surface area contributed by atoms with Crippen LogP contribution < -0.4 is 9.80 Å². The normalized spacial score (nSPS) is 15.9. The quantitative estimate of drug-likeness (QED) is 0.861. The predicted octanol–water partition coefficient (Wildman–Crippen LogP) is 1.23. The minimum Gasteiger partial charge on any atom is -0.360 e. The summed E-state index contributed by atoms with van der Waals surface area (Å²) in [6, 6.07) is 12.6. The number of piperazine rings is 1. The first kappa shape index (κ1) is 15.8. The molecule has 4 heteroatoms. The number of aromatic nitrogens is 1. The number of quaternary nitrogens is 1. The molecule has 2 aromatic rings. The molecule has 1 aliphatic rings. The van der Waals surface area contributed by atoms with E-state index >= 15 is 0 Å². The standard InChI is InChI=1S/C19H25N3O/c1-15-13-18(16(2)20(15)3)19(23)14-21-9-11-22(12-10-21)17-7-5-4-6-8-17/h4-8,13H,9-12,14H2,1-3H3/p+1. The van der Waals surface area contributed by atoms with E-state index in [1.165, 1.54) is 10.6 Å². The van der Waals surface area contributed by atoms with Crippen molar-refractivity contribution in [2.75, 3.05) is 37.6 Å². The van der Waals surface area contributed by atoms with Gasteiger partial charge in [-0.1, -0.05) is 18.2 Å². The molecule has 23 heavy (non-hydrogen) atoms. The van der Waals surface area contributed by atoms with E-state index in [1.807, 2.05) is 26.1 Å². The lowest BCUT2D eigenvalue weighted by Gasteiger charge is -2.33. The zero-order valence-corrected chi connectivity index (χ0v) is 14.3. The maximum Gasteiger partial charge on any atom is 0.218 e. The lowest BCUT2D eigenvalue weighted by atomic mass is 10.1. The van der Waals surface area contributed by atoms with Gasteiger partial charge in [0, 0.05) is 29.7 Å². The van der Waals surface area contributed by atoms with Gasteiger partial charge >= 0.3 is 0 Å². The number of para-hydroxylation sites is 1. The Morgan fingerprint density at radius 2 is 1.78 bits per heavy atom. The van der Waals surface area contributed by atoms with Crippen LogP contribution in [0.5, 0.6) is 0 Å². The number of hydrogen-bond donors (Lipinski definition) is 1. The van der Waals surface area contributed by atoms with Crippen LogP contribution in [-0.2, 0) is 7.05 Å². The van der Waals surface area contributed by atoms with Gasteiger partial charge < -0.3 is 14.4 Å². The Balaban J connectivity index is 1.58. The van der Waals surface area contributed by atoms with E-state index in [9.17, 15) is 4.79 Å². The van der Waals surface area contributed by atoms with Crippen molar-refractivity contribution in [1.29, 1.82) is 0 Å². The topological polar surface area (TPSA) is 29.7 Å². The third-order valence-corrected chi connectivity index (χ3v) is 5.08. The predicted molar refractivity (Wildman–Crippen MR) is 93.4 cm³/mol. The first-order chi connectivity index (χ1) is 11.1. The van der Waals surface area contributed by atoms with Crippen LogP contribution in [0, 0.1) is 13.8 Å². The van der Waals surface area contributed by atoms with Crippen molar-refractivity contribution < 1.29 is 9.69 Å². The SMILES string of the molecule is Cc1cc(C(=O)C[NH+]2CCN(c3ccccc3)CC2)c(C)n1C. The van der Waals surface area contributed by atoms with E-state index in [-0.39, 0.29) is 5.78 Å². The summed E-state index contributed by atoms with van der Waals surface area (Å²) in [7, 11) is 2.02. The van der Waals surface area contributed by atoms with E-state index < -0.39 is 0 Å². The molecule has 0 spiro atoms. The molecule has 0 atom stereocenters. The Kier molecular flexibility index (Phi) is 4.53. The van der Waals surface area contributed by atoms with E-state index in [1.54, 1.807) is 0 Å². The van der Waals surface area contributed by atoms with Crippen molar-refractivity contribution in [2.24, 2.45) is 7.05 Å². The number of carbonyl (C=O) groups is 1. The number of ketones is 1. The molecular weight excluding hydrogens is 286 g/mol. The van der Waals surface area contributed by atoms with Gasteiger partial charge in [0.2, 0.25) is 5.78 Å². The highest BCUT2D eigenvalue weighted by atomic mass is 16.1. The molecule has 0 radical (unpaired) electrons. The van der Waals surface area contributed by atoms with Crippen LogP contribution in [0.1, 0.15) is 21.7 Å². The van der Waals surface area contributed by atoms with Crippen LogP contribution >= 0.6 is 0 Å². The fourth-order valence-electron chi connectivity index (χ4n) is 3.36. The van der Waals surface area contributed by atoms with Crippen molar-refractivity contribution in [2.45, 2.75) is 13.8 Å². The number of aryl methyl sites for hydroxylation is 1. The zero-order chi connectivity index (χ0) is 16.4. The maximum atomic E-state index is 12.6. The highest BCUT2D eigenvalue weighted by Crippen LogP contribution is 2.14. The first-order valence-corrected chi connectivity index (χ1v) is 8.36. The van der Waals surface area contributed by atoms with Crippen molar-refractivity contribution >= 4 is 11.5 Å². The Bertz CT molecular complexity index is 682. The van der Waals surface area contributed by atoms with Gasteiger partial charge in [-0.25, -0.2) is 0 Å². The summed E-state index contributed by atoms with van der Waals surface area (Å²) >= 11 is 0. The first-order valence-electron chi connectivity index (χ1n) is 8.36. The lowest BCUT2D eigenvalue weighted by molar-refractivity contribution is -0.892. The molecule has 1 aromatic carbocycles. The molecule has 0 aliphatic carbocycles. The number of Topliss-reactive ketones (excluding diaryl/α,β-unsaturated/α-hetero) is 1. The van der Waals surface area contributed by atoms with Gasteiger partial charge in [-0.2, -0.15) is 0 Å². The molecule has 122 valence electrons. The molecule has 0 saturated carbocycles. The molecule has 3 rings (SSSR count). The van der Waals surface area contributed by atoms with Crippen molar-refractivity contribution in [3.63, 3.8) is 0 Å². The monoisotopic (exact) mass is 312 g/mol. The Labute approximate surface area is 138 Å². The molecule has 1 N–H and O–H groups in total. The average Bonchev–Trinajstić information content (AvgIpc) is 2.84. The van der Waals surface area contributed by atoms with Gasteiger partial charge in [0.05, 0.1) is 26.2 Å². The van der Waals surface area contributed by atoms with Crippen molar-refractivity contribution in [3.05, 3.63) is 53.3 Å². The van der Waals surface area contributed by atoms with Crippen molar-refractivity contribution in [1.82, 2.24) is 4.57 Å². The van der Waals surface area contributed by atoms with E-state index in [0.717, 1.165) is 43.1 Å². The van der Waals surface area contributed by atoms with Crippen LogP contribution in [0.3, 0.4) is 0 Å². The second kappa shape index (κ2) is 6.59. The number of carbonyl (C=O) groups excluding carboxylic acids is 1. The third-order valence-electron chi connectivity index (χ3n) is 5.08. The van der Waals surface area contributed by atoms with E-state index in [0.29, 0.717) is 6.54 Å². The highest BCUT2D eigenvalue weighted by Gasteiger charge is 2.24. The molecule has 0 bridgehead atoms. The lowest BCUT2D eigenvalue weighted by Crippen LogP contribution is -3.15. The van der Waals surface area contributed by atoms with Crippen LogP contribution in [0.2, 0.25) is 0 Å². The number of nitrogens with zero attached hydrogens (tertiary/aromatic N) is 2. The number of nitrogens with one attached hydrogen (secondary N) is 1. The second-order valence-corrected chi connectivity index (χ2v) is 6.52. The smallest absolute Gasteiger partial charge is 0.218 e. The molecule has 0 amide bonds. The van der Waals surface area contributed by atoms with Gasteiger partial charge in [-0.15, -0.1) is 0 Å². The van der Waals surface area contributed by atoms with E-state index in [4.69, 9.17) is 0 Å². The Morgan fingerprint density at radius 3 is 2.35 bits per heavy atom. The average molecular weight is 312 g/mol. The third kappa shape index (κ3) is 3.32. The molecule has 4 nitrogen and oxygen atoms in total. The second-order valence-electron chi connectivity index (χ2n) is 6.52. The molecule has 0 unspecified atom stereocenters. The molecule has 2 heterocycles. The van der Waals surface area contributed by atoms with Gasteiger partial charge in [0.15, 0.2) is 0 Å². The number of benzene rings is 1. The van der Waals surface area contributed by atoms with Gasteiger partial charge in [0.1, 0.15) is 6.54 Å². The Hall–Kier alpha value is -2.07. The molecule has 1 aromatic heterocycles. The summed E-state index contributed by atoms with van der Waals surface area (Å²) in [5.41, 5.74) is 4.40. The number of anilines is 1. The summed E-state index contributed by atoms with van der Waals surface area (Å²) in [6.07, 6.45) is 0. The summed E-state index contributed by atoms with van der Waals surface area (Å²) in [6.45, 7) is 8.75. The largest absolute Gasteiger partial charge is 0.360 e. The number of rotatable bonds is 4. The van der Waals surface area contributed by atoms with Crippen LogP contribution in [-0.4, -0.2) is 43.1 Å². The molecule has 1 fully saturated rings. The van der Waals surface area contributed by atoms with E-state index in [2.05, 4.69) is 40.7 Å². The van der Waals surface area contributed by atoms with Crippen LogP contribution in [0.25, 0.3) is 0 Å². The molecule has 1 aliphatic heterocycles. The Morgan fingerprint density at radius 1 is 1.13 bits per heavy atom. The van der Waals surface area contributed by atoms with Gasteiger partial charge in [-0.05, 0) is 32.0 Å². The zero-order valence-electron chi connectivity index (χ0n) is 14.3. The van der Waals surface area contributed by atoms with Crippen LogP contribution in [0.4, 0.5) is 5.69 Å². The van der Waals surface area contributed by atoms with Gasteiger partial charge in [0.25, 0.3) is 0 Å². The fraction of sp³-hybridized carbons (Fsp3) is 0.421. The fourth-order valence-corrected chi connectivity index (χ4v) is 3.36. The summed E-state index contributed by atoms with van der Waals surface area (Å²) in [4.78, 5) is 16.4. The minimum atomic E-state index is 0.273.